The smallest absolute Gasteiger partial charge is 0.264 e. The minimum atomic E-state index is -3.95. The molecule has 0 heterocycles. The Morgan fingerprint density at radius 1 is 1.07 bits per heavy atom. The molecule has 0 atom stereocenters. The molecule has 8 heteroatoms. The van der Waals surface area contributed by atoms with Gasteiger partial charge >= 0.3 is 0 Å². The highest BCUT2D eigenvalue weighted by Crippen LogP contribution is 2.25. The molecule has 0 saturated heterocycles. The van der Waals surface area contributed by atoms with E-state index in [9.17, 15) is 13.2 Å². The maximum Gasteiger partial charge on any atom is 0.264 e. The number of hydrogen-bond donors (Lipinski definition) is 1. The van der Waals surface area contributed by atoms with E-state index in [-0.39, 0.29) is 10.3 Å². The van der Waals surface area contributed by atoms with Gasteiger partial charge in [0.1, 0.15) is 12.3 Å². The Morgan fingerprint density at radius 2 is 1.66 bits per heavy atom. The molecule has 2 rings (SSSR count). The van der Waals surface area contributed by atoms with Crippen molar-refractivity contribution in [1.29, 1.82) is 0 Å². The number of rotatable bonds is 7. The maximum atomic E-state index is 13.2. The Hall–Kier alpha value is -2.87. The molecule has 0 radical (unpaired) electrons. The summed E-state index contributed by atoms with van der Waals surface area (Å²) in [6.45, 7) is 7.32. The van der Waals surface area contributed by atoms with Crippen LogP contribution in [0.3, 0.4) is 0 Å². The van der Waals surface area contributed by atoms with Gasteiger partial charge in [-0.15, -0.1) is 0 Å². The fourth-order valence-electron chi connectivity index (χ4n) is 2.26. The van der Waals surface area contributed by atoms with Crippen LogP contribution in [0.25, 0.3) is 0 Å². The first-order valence-corrected chi connectivity index (χ1v) is 10.5. The van der Waals surface area contributed by atoms with Gasteiger partial charge in [-0.1, -0.05) is 39.0 Å². The van der Waals surface area contributed by atoms with E-state index in [1.807, 2.05) is 27.7 Å². The highest BCUT2D eigenvalue weighted by molar-refractivity contribution is 7.92. The number of anilines is 1. The summed E-state index contributed by atoms with van der Waals surface area (Å²) in [5.74, 6) is 0.0459. The van der Waals surface area contributed by atoms with Crippen molar-refractivity contribution < 1.29 is 17.9 Å². The van der Waals surface area contributed by atoms with Crippen LogP contribution < -0.4 is 14.5 Å². The van der Waals surface area contributed by atoms with Crippen molar-refractivity contribution in [1.82, 2.24) is 5.43 Å². The van der Waals surface area contributed by atoms with E-state index < -0.39 is 22.5 Å². The number of hydrogen-bond acceptors (Lipinski definition) is 5. The lowest BCUT2D eigenvalue weighted by atomic mass is 9.91. The van der Waals surface area contributed by atoms with Crippen LogP contribution in [0.15, 0.2) is 64.6 Å². The number of sulfonamides is 1. The molecule has 2 aromatic rings. The summed E-state index contributed by atoms with van der Waals surface area (Å²) in [6.07, 6.45) is 0. The summed E-state index contributed by atoms with van der Waals surface area (Å²) in [5.41, 5.74) is 3.32. The lowest BCUT2D eigenvalue weighted by Gasteiger charge is -2.24. The van der Waals surface area contributed by atoms with Gasteiger partial charge in [0.25, 0.3) is 15.9 Å². The first kappa shape index (κ1) is 22.4. The second-order valence-electron chi connectivity index (χ2n) is 7.50. The van der Waals surface area contributed by atoms with Gasteiger partial charge in [0, 0.05) is 11.1 Å². The summed E-state index contributed by atoms with van der Waals surface area (Å²) in [7, 11) is -2.43. The summed E-state index contributed by atoms with van der Waals surface area (Å²) in [5, 5.41) is 4.10. The molecule has 0 aliphatic heterocycles. The lowest BCUT2D eigenvalue weighted by molar-refractivity contribution is -0.119. The van der Waals surface area contributed by atoms with Crippen LogP contribution in [-0.4, -0.2) is 33.7 Å². The lowest BCUT2D eigenvalue weighted by Crippen LogP contribution is -2.40. The van der Waals surface area contributed by atoms with Crippen LogP contribution in [-0.2, 0) is 14.8 Å². The standard InChI is InChI=1S/C21H27N3O4S/c1-16(21(2,3)4)22-23-20(25)15-24(17-11-13-18(28-5)14-12-17)29(26,27)19-9-7-6-8-10-19/h6-14H,15H2,1-5H3,(H,23,25)/b22-16-. The number of benzene rings is 2. The highest BCUT2D eigenvalue weighted by atomic mass is 32.2. The SMILES string of the molecule is COc1ccc(N(CC(=O)N/N=C(/C)C(C)(C)C)S(=O)(=O)c2ccccc2)cc1. The Balaban J connectivity index is 2.36. The molecule has 0 saturated carbocycles. The zero-order chi connectivity index (χ0) is 21.7. The Bertz CT molecular complexity index is 963. The molecule has 2 aromatic carbocycles. The molecule has 0 aromatic heterocycles. The Kier molecular flexibility index (Phi) is 7.02. The Labute approximate surface area is 172 Å². The van der Waals surface area contributed by atoms with Crippen LogP contribution in [0.5, 0.6) is 5.75 Å². The molecule has 0 fully saturated rings. The van der Waals surface area contributed by atoms with E-state index in [1.54, 1.807) is 42.5 Å². The van der Waals surface area contributed by atoms with Gasteiger partial charge < -0.3 is 4.74 Å². The molecular formula is C21H27N3O4S. The fraction of sp³-hybridized carbons (Fsp3) is 0.333. The number of methoxy groups -OCH3 is 1. The normalized spacial score (nSPS) is 12.4. The third kappa shape index (κ3) is 5.80. The largest absolute Gasteiger partial charge is 0.497 e. The number of hydrazone groups is 1. The summed E-state index contributed by atoms with van der Waals surface area (Å²) in [6, 6.07) is 14.5. The molecule has 0 bridgehead atoms. The fourth-order valence-corrected chi connectivity index (χ4v) is 3.70. The second kappa shape index (κ2) is 9.09. The van der Waals surface area contributed by atoms with Crippen molar-refractivity contribution in [3.05, 3.63) is 54.6 Å². The molecule has 7 nitrogen and oxygen atoms in total. The predicted molar refractivity (Wildman–Crippen MR) is 115 cm³/mol. The minimum Gasteiger partial charge on any atom is -0.497 e. The average Bonchev–Trinajstić information content (AvgIpc) is 2.70. The molecule has 29 heavy (non-hydrogen) atoms. The zero-order valence-corrected chi connectivity index (χ0v) is 18.2. The molecule has 156 valence electrons. The predicted octanol–water partition coefficient (Wildman–Crippen LogP) is 3.43. The van der Waals surface area contributed by atoms with Gasteiger partial charge in [0.2, 0.25) is 0 Å². The Morgan fingerprint density at radius 3 is 2.17 bits per heavy atom. The van der Waals surface area contributed by atoms with Crippen LogP contribution >= 0.6 is 0 Å². The molecule has 1 amide bonds. The van der Waals surface area contributed by atoms with Crippen molar-refractivity contribution in [2.75, 3.05) is 18.0 Å². The van der Waals surface area contributed by atoms with Gasteiger partial charge in [0.05, 0.1) is 17.7 Å². The van der Waals surface area contributed by atoms with Crippen LogP contribution in [0.1, 0.15) is 27.7 Å². The van der Waals surface area contributed by atoms with Crippen LogP contribution in [0.4, 0.5) is 5.69 Å². The molecular weight excluding hydrogens is 390 g/mol. The molecule has 0 unspecified atom stereocenters. The minimum absolute atomic E-state index is 0.0954. The van der Waals surface area contributed by atoms with Crippen LogP contribution in [0.2, 0.25) is 0 Å². The van der Waals surface area contributed by atoms with E-state index in [0.717, 1.165) is 10.0 Å². The molecule has 0 aliphatic carbocycles. The second-order valence-corrected chi connectivity index (χ2v) is 9.37. The third-order valence-corrected chi connectivity index (χ3v) is 6.20. The number of amides is 1. The van der Waals surface area contributed by atoms with Crippen molar-refractivity contribution >= 4 is 27.3 Å². The number of ether oxygens (including phenoxy) is 1. The van der Waals surface area contributed by atoms with Gasteiger partial charge in [-0.25, -0.2) is 13.8 Å². The van der Waals surface area contributed by atoms with E-state index >= 15 is 0 Å². The zero-order valence-electron chi connectivity index (χ0n) is 17.3. The van der Waals surface area contributed by atoms with E-state index in [1.165, 1.54) is 19.2 Å². The van der Waals surface area contributed by atoms with Gasteiger partial charge in [-0.05, 0) is 43.3 Å². The molecule has 0 spiro atoms. The van der Waals surface area contributed by atoms with Gasteiger partial charge in [0.15, 0.2) is 0 Å². The maximum absolute atomic E-state index is 13.2. The number of nitrogens with zero attached hydrogens (tertiary/aromatic N) is 2. The molecule has 0 aliphatic rings. The van der Waals surface area contributed by atoms with Crippen molar-refractivity contribution in [3.63, 3.8) is 0 Å². The van der Waals surface area contributed by atoms with Gasteiger partial charge in [-0.3, -0.25) is 9.10 Å². The number of carbonyl (C=O) groups is 1. The van der Waals surface area contributed by atoms with E-state index in [4.69, 9.17) is 4.74 Å². The van der Waals surface area contributed by atoms with Crippen molar-refractivity contribution in [3.8, 4) is 5.75 Å². The highest BCUT2D eigenvalue weighted by Gasteiger charge is 2.27. The monoisotopic (exact) mass is 417 g/mol. The number of nitrogens with one attached hydrogen (secondary N) is 1. The van der Waals surface area contributed by atoms with Crippen LogP contribution in [0, 0.1) is 5.41 Å². The average molecular weight is 418 g/mol. The van der Waals surface area contributed by atoms with E-state index in [0.29, 0.717) is 11.4 Å². The topological polar surface area (TPSA) is 88.1 Å². The third-order valence-electron chi connectivity index (χ3n) is 4.41. The quantitative estimate of drug-likeness (QED) is 0.552. The first-order valence-electron chi connectivity index (χ1n) is 9.11. The molecule has 1 N–H and O–H groups in total. The number of carbonyl (C=O) groups excluding carboxylic acids is 1. The summed E-state index contributed by atoms with van der Waals surface area (Å²) in [4.78, 5) is 12.6. The van der Waals surface area contributed by atoms with Gasteiger partial charge in [-0.2, -0.15) is 5.10 Å². The van der Waals surface area contributed by atoms with E-state index in [2.05, 4.69) is 10.5 Å². The van der Waals surface area contributed by atoms with Crippen molar-refractivity contribution in [2.24, 2.45) is 10.5 Å². The summed E-state index contributed by atoms with van der Waals surface area (Å²) >= 11 is 0. The first-order chi connectivity index (χ1) is 13.6. The summed E-state index contributed by atoms with van der Waals surface area (Å²) < 4.78 is 32.6. The van der Waals surface area contributed by atoms with Crippen molar-refractivity contribution in [2.45, 2.75) is 32.6 Å².